The number of hydrogen-bond acceptors (Lipinski definition) is 5. The Morgan fingerprint density at radius 2 is 1.73 bits per heavy atom. The number of fused-ring (bicyclic) bond motifs is 2. The molecule has 0 aromatic heterocycles. The number of quaternary nitrogens is 1. The second-order valence-corrected chi connectivity index (χ2v) is 15.3. The van der Waals surface area contributed by atoms with Crippen LogP contribution in [0.2, 0.25) is 5.02 Å². The molecule has 8 nitrogen and oxygen atoms in total. The Labute approximate surface area is 268 Å². The molecule has 3 fully saturated rings. The van der Waals surface area contributed by atoms with Gasteiger partial charge < -0.3 is 15.5 Å². The number of amides is 2. The van der Waals surface area contributed by atoms with Crippen LogP contribution in [0.25, 0.3) is 0 Å². The zero-order chi connectivity index (χ0) is 31.4. The normalized spacial score (nSPS) is 23.8. The smallest absolute Gasteiger partial charge is 0.332 e. The summed E-state index contributed by atoms with van der Waals surface area (Å²) >= 11 is 6.32. The fourth-order valence-electron chi connectivity index (χ4n) is 7.88. The Hall–Kier alpha value is -3.31. The van der Waals surface area contributed by atoms with Crippen molar-refractivity contribution in [3.05, 3.63) is 94.3 Å². The van der Waals surface area contributed by atoms with E-state index in [1.54, 1.807) is 23.1 Å². The van der Waals surface area contributed by atoms with Crippen LogP contribution in [-0.4, -0.2) is 63.9 Å². The first-order chi connectivity index (χ1) is 21.7. The molecule has 45 heavy (non-hydrogen) atoms. The number of hydrogen-bond donors (Lipinski definition) is 2. The number of benzene rings is 3. The summed E-state index contributed by atoms with van der Waals surface area (Å²) in [4.78, 5) is 29.2. The first-order valence-electron chi connectivity index (χ1n) is 15.7. The average molecular weight is 652 g/mol. The first-order valence-corrected chi connectivity index (χ1v) is 17.5. The van der Waals surface area contributed by atoms with Crippen LogP contribution in [0.4, 0.5) is 10.1 Å². The lowest BCUT2D eigenvalue weighted by atomic mass is 9.68. The Balaban J connectivity index is 1.39. The Morgan fingerprint density at radius 3 is 2.38 bits per heavy atom. The molecule has 3 heterocycles. The van der Waals surface area contributed by atoms with Crippen molar-refractivity contribution < 1.29 is 22.4 Å². The number of nitrogens with one attached hydrogen (secondary N) is 2. The summed E-state index contributed by atoms with van der Waals surface area (Å²) < 4.78 is 43.8. The molecule has 1 aliphatic carbocycles. The van der Waals surface area contributed by atoms with Crippen LogP contribution < -0.4 is 14.5 Å². The van der Waals surface area contributed by atoms with E-state index in [-0.39, 0.29) is 35.7 Å². The van der Waals surface area contributed by atoms with E-state index >= 15 is 8.42 Å². The molecule has 7 rings (SSSR count). The minimum atomic E-state index is -4.27. The minimum Gasteiger partial charge on any atom is -0.348 e. The number of nitrogens with zero attached hydrogens (tertiary/aromatic N) is 2. The molecule has 2 saturated heterocycles. The molecule has 3 aliphatic heterocycles. The van der Waals surface area contributed by atoms with Crippen molar-refractivity contribution in [1.29, 1.82) is 0 Å². The van der Waals surface area contributed by atoms with Crippen molar-refractivity contribution in [2.45, 2.75) is 55.0 Å². The minimum absolute atomic E-state index is 0.00977. The summed E-state index contributed by atoms with van der Waals surface area (Å²) in [7, 11) is -4.27. The van der Waals surface area contributed by atoms with Gasteiger partial charge in [0.25, 0.3) is 11.8 Å². The predicted molar refractivity (Wildman–Crippen MR) is 171 cm³/mol. The molecule has 2 amide bonds. The summed E-state index contributed by atoms with van der Waals surface area (Å²) in [6.45, 7) is 2.62. The van der Waals surface area contributed by atoms with Gasteiger partial charge in [-0.3, -0.25) is 9.59 Å². The highest BCUT2D eigenvalue weighted by molar-refractivity contribution is 7.91. The third-order valence-corrected chi connectivity index (χ3v) is 12.9. The number of sulfonamides is 1. The standard InChI is InChI=1S/C34H36ClFN4O4S/c35-29-5-2-1-4-25(29)21-38-33(42)24-8-13-30-28(20-24)34(14-16-37-17-15-34)32(23-6-7-23)40(30,22-31(41)39-18-3-19-39)45(43,44)27-11-9-26(36)10-12-27/h1-2,4-5,8-13,20,23,32,37H,3,6-7,14-19,21-22H2/p+1. The van der Waals surface area contributed by atoms with Crippen LogP contribution >= 0.6 is 11.6 Å². The van der Waals surface area contributed by atoms with Crippen molar-refractivity contribution in [2.24, 2.45) is 5.92 Å². The fraction of sp³-hybridized carbons (Fsp3) is 0.412. The van der Waals surface area contributed by atoms with E-state index in [1.807, 2.05) is 24.3 Å². The fourth-order valence-corrected chi connectivity index (χ4v) is 10.3. The molecule has 236 valence electrons. The lowest BCUT2D eigenvalue weighted by molar-refractivity contribution is -0.135. The van der Waals surface area contributed by atoms with Gasteiger partial charge in [0.2, 0.25) is 0 Å². The maximum absolute atomic E-state index is 15.1. The molecule has 2 N–H and O–H groups in total. The van der Waals surface area contributed by atoms with Gasteiger partial charge in [-0.2, -0.15) is 12.3 Å². The van der Waals surface area contributed by atoms with Crippen molar-refractivity contribution in [3.8, 4) is 0 Å². The van der Waals surface area contributed by atoms with E-state index in [1.165, 1.54) is 12.1 Å². The van der Waals surface area contributed by atoms with Crippen LogP contribution in [0.1, 0.15) is 53.6 Å². The van der Waals surface area contributed by atoms with Gasteiger partial charge in [0.05, 0.1) is 5.41 Å². The SMILES string of the molecule is O=C(NCc1ccccc1Cl)c1ccc2c(c1)C1(CCNCC1)C(C1CC1)[N+]2(CC(=O)N1CCC1)S(=O)(=O)c1ccc(F)cc1. The first kappa shape index (κ1) is 30.3. The van der Waals surface area contributed by atoms with Gasteiger partial charge in [-0.25, -0.2) is 4.39 Å². The molecule has 0 radical (unpaired) electrons. The summed E-state index contributed by atoms with van der Waals surface area (Å²) in [5.41, 5.74) is 2.04. The molecule has 3 aromatic rings. The highest BCUT2D eigenvalue weighted by Gasteiger charge is 2.71. The largest absolute Gasteiger partial charge is 0.348 e. The van der Waals surface area contributed by atoms with Gasteiger partial charge in [-0.15, -0.1) is 0 Å². The topological polar surface area (TPSA) is 95.6 Å². The number of halogens is 2. The van der Waals surface area contributed by atoms with Crippen molar-refractivity contribution in [3.63, 3.8) is 0 Å². The van der Waals surface area contributed by atoms with Crippen LogP contribution in [-0.2, 0) is 26.8 Å². The maximum Gasteiger partial charge on any atom is 0.332 e. The maximum atomic E-state index is 15.1. The Bertz CT molecular complexity index is 1750. The van der Waals surface area contributed by atoms with Crippen molar-refractivity contribution in [2.75, 3.05) is 32.7 Å². The molecule has 2 atom stereocenters. The summed E-state index contributed by atoms with van der Waals surface area (Å²) in [5.74, 6) is -0.920. The molecular weight excluding hydrogens is 615 g/mol. The van der Waals surface area contributed by atoms with Crippen LogP contribution in [0.5, 0.6) is 0 Å². The summed E-state index contributed by atoms with van der Waals surface area (Å²) in [6, 6.07) is 17.2. The number of rotatable bonds is 8. The number of likely N-dealkylation sites (tertiary alicyclic amines) is 1. The van der Waals surface area contributed by atoms with E-state index in [9.17, 15) is 14.0 Å². The molecule has 1 saturated carbocycles. The van der Waals surface area contributed by atoms with Gasteiger partial charge >= 0.3 is 10.0 Å². The Morgan fingerprint density at radius 1 is 1.02 bits per heavy atom. The molecule has 4 aliphatic rings. The second kappa shape index (κ2) is 11.5. The van der Waals surface area contributed by atoms with Gasteiger partial charge in [0.1, 0.15) is 16.8 Å². The molecule has 11 heteroatoms. The van der Waals surface area contributed by atoms with E-state index < -0.39 is 31.2 Å². The summed E-state index contributed by atoms with van der Waals surface area (Å²) in [6.07, 6.45) is 4.00. The third-order valence-electron chi connectivity index (χ3n) is 10.3. The van der Waals surface area contributed by atoms with Gasteiger partial charge in [0.15, 0.2) is 12.2 Å². The second-order valence-electron chi connectivity index (χ2n) is 12.8. The van der Waals surface area contributed by atoms with Crippen molar-refractivity contribution >= 4 is 39.1 Å². The van der Waals surface area contributed by atoms with Crippen LogP contribution in [0.3, 0.4) is 0 Å². The number of carbonyl (C=O) groups excluding carboxylic acids is 2. The van der Waals surface area contributed by atoms with Crippen molar-refractivity contribution in [1.82, 2.24) is 19.4 Å². The zero-order valence-electron chi connectivity index (χ0n) is 25.0. The molecule has 3 aromatic carbocycles. The van der Waals surface area contributed by atoms with E-state index in [0.717, 1.165) is 42.5 Å². The van der Waals surface area contributed by atoms with Gasteiger partial charge in [0, 0.05) is 47.8 Å². The quantitative estimate of drug-likeness (QED) is 0.343. The predicted octanol–water partition coefficient (Wildman–Crippen LogP) is 4.75. The highest BCUT2D eigenvalue weighted by atomic mass is 35.5. The highest BCUT2D eigenvalue weighted by Crippen LogP contribution is 2.62. The number of piperidine rings is 1. The monoisotopic (exact) mass is 651 g/mol. The zero-order valence-corrected chi connectivity index (χ0v) is 26.5. The molecular formula is C34H37ClFN4O4S+. The number of carbonyl (C=O) groups is 2. The van der Waals surface area contributed by atoms with Gasteiger partial charge in [-0.1, -0.05) is 29.8 Å². The average Bonchev–Trinajstić information content (AvgIpc) is 3.81. The van der Waals surface area contributed by atoms with E-state index in [4.69, 9.17) is 11.6 Å². The lowest BCUT2D eigenvalue weighted by Gasteiger charge is -2.46. The van der Waals surface area contributed by atoms with Crippen LogP contribution in [0.15, 0.2) is 71.6 Å². The lowest BCUT2D eigenvalue weighted by Crippen LogP contribution is -2.68. The molecule has 0 bridgehead atoms. The van der Waals surface area contributed by atoms with Crippen LogP contribution in [0, 0.1) is 11.7 Å². The van der Waals surface area contributed by atoms with Gasteiger partial charge in [-0.05, 0) is 93.2 Å². The van der Waals surface area contributed by atoms with E-state index in [2.05, 4.69) is 10.6 Å². The third kappa shape index (κ3) is 4.97. The molecule has 1 spiro atoms. The Kier molecular flexibility index (Phi) is 7.75. The summed E-state index contributed by atoms with van der Waals surface area (Å²) in [5, 5.41) is 6.98. The molecule has 2 unspecified atom stereocenters. The van der Waals surface area contributed by atoms with E-state index in [0.29, 0.717) is 55.3 Å².